The molecule has 7 amide bonds. The van der Waals surface area contributed by atoms with Crippen LogP contribution in [0.2, 0.25) is 0 Å². The van der Waals surface area contributed by atoms with Crippen molar-refractivity contribution in [1.82, 2.24) is 36.4 Å². The normalized spacial score (nSPS) is 24.6. The molecule has 3 fully saturated rings. The maximum absolute atomic E-state index is 14.4. The monoisotopic (exact) mass is 1070 g/mol. The molecule has 0 saturated carbocycles. The number of nitrogens with two attached hydrogens (primary N) is 1. The van der Waals surface area contributed by atoms with Crippen molar-refractivity contribution in [3.8, 4) is 33.8 Å². The van der Waals surface area contributed by atoms with Crippen molar-refractivity contribution in [3.63, 3.8) is 0 Å². The number of hydrogen-bond acceptors (Lipinski definition) is 13. The Bertz CT molecular complexity index is 2700. The summed E-state index contributed by atoms with van der Waals surface area (Å²) in [5.74, 6) is -4.96. The van der Waals surface area contributed by atoms with Gasteiger partial charge < -0.3 is 67.3 Å². The molecule has 0 aromatic heterocycles. The van der Waals surface area contributed by atoms with E-state index >= 15 is 0 Å². The van der Waals surface area contributed by atoms with Gasteiger partial charge in [-0.05, 0) is 129 Å². The first-order valence-corrected chi connectivity index (χ1v) is 27.0. The van der Waals surface area contributed by atoms with Crippen molar-refractivity contribution < 1.29 is 58.7 Å². The van der Waals surface area contributed by atoms with Crippen LogP contribution >= 0.6 is 0 Å². The van der Waals surface area contributed by atoms with Crippen molar-refractivity contribution in [2.75, 3.05) is 32.8 Å². The Morgan fingerprint density at radius 3 is 1.83 bits per heavy atom. The number of aliphatic hydroxyl groups is 3. The molecule has 3 heterocycles. The summed E-state index contributed by atoms with van der Waals surface area (Å²) in [6, 6.07) is 20.4. The lowest BCUT2D eigenvalue weighted by Crippen LogP contribution is -2.61. The molecule has 7 rings (SSSR count). The van der Waals surface area contributed by atoms with Crippen molar-refractivity contribution >= 4 is 41.4 Å². The number of carbonyl (C=O) groups excluding carboxylic acids is 7. The number of amides is 7. The summed E-state index contributed by atoms with van der Waals surface area (Å²) >= 11 is 0. The van der Waals surface area contributed by atoms with Crippen LogP contribution in [0, 0.1) is 5.92 Å². The van der Waals surface area contributed by atoms with E-state index in [4.69, 9.17) is 10.5 Å². The van der Waals surface area contributed by atoms with Gasteiger partial charge >= 0.3 is 0 Å². The zero-order valence-corrected chi connectivity index (χ0v) is 44.4. The lowest BCUT2D eigenvalue weighted by Gasteiger charge is -2.32. The molecule has 3 aliphatic heterocycles. The number of benzene rings is 4. The van der Waals surface area contributed by atoms with E-state index in [2.05, 4.69) is 33.5 Å². The van der Waals surface area contributed by atoms with Crippen LogP contribution in [-0.4, -0.2) is 159 Å². The van der Waals surface area contributed by atoms with Crippen LogP contribution in [0.1, 0.15) is 88.1 Å². The Morgan fingerprint density at radius 1 is 0.705 bits per heavy atom. The lowest BCUT2D eigenvalue weighted by atomic mass is 9.99. The number of nitrogens with one attached hydrogen (secondary N) is 5. The van der Waals surface area contributed by atoms with Gasteiger partial charge in [-0.1, -0.05) is 80.4 Å². The highest BCUT2D eigenvalue weighted by Crippen LogP contribution is 2.29. The average molecular weight is 1080 g/mol. The molecule has 78 heavy (non-hydrogen) atoms. The van der Waals surface area contributed by atoms with E-state index < -0.39 is 95.9 Å². The van der Waals surface area contributed by atoms with Crippen molar-refractivity contribution in [3.05, 3.63) is 108 Å². The zero-order valence-electron chi connectivity index (χ0n) is 44.4. The molecule has 10 atom stereocenters. The zero-order chi connectivity index (χ0) is 56.0. The number of phenolic OH excluding ortho intramolecular Hbond substituents is 1. The molecule has 3 saturated heterocycles. The van der Waals surface area contributed by atoms with Crippen LogP contribution < -0.4 is 37.1 Å². The van der Waals surface area contributed by atoms with Gasteiger partial charge in [0, 0.05) is 31.6 Å². The molecule has 3 aliphatic rings. The highest BCUT2D eigenvalue weighted by molar-refractivity contribution is 6.00. The fourth-order valence-corrected chi connectivity index (χ4v) is 10.1. The second-order valence-corrected chi connectivity index (χ2v) is 20.7. The van der Waals surface area contributed by atoms with Crippen molar-refractivity contribution in [2.45, 2.75) is 133 Å². The number of aryl methyl sites for hydroxylation is 1. The summed E-state index contributed by atoms with van der Waals surface area (Å²) < 4.78 is 5.86. The van der Waals surface area contributed by atoms with Gasteiger partial charge in [0.1, 0.15) is 47.8 Å². The van der Waals surface area contributed by atoms with Crippen LogP contribution in [-0.2, 0) is 35.2 Å². The molecule has 0 aliphatic carbocycles. The Morgan fingerprint density at radius 2 is 1.26 bits per heavy atom. The number of nitrogens with zero attached hydrogens (tertiary/aromatic N) is 2. The number of aliphatic hydroxyl groups excluding tert-OH is 3. The van der Waals surface area contributed by atoms with Crippen LogP contribution in [0.3, 0.4) is 0 Å². The number of phenols is 1. The Hall–Kier alpha value is -7.39. The molecular weight excluding hydrogens is 1000 g/mol. The number of carbonyl (C=O) groups is 7. The fraction of sp³-hybridized carbons (Fsp3) is 0.466. The first-order chi connectivity index (χ1) is 37.4. The first kappa shape index (κ1) is 58.3. The molecule has 0 unspecified atom stereocenters. The molecule has 4 aromatic carbocycles. The quantitative estimate of drug-likeness (QED) is 0.0766. The smallest absolute Gasteiger partial charge is 0.251 e. The van der Waals surface area contributed by atoms with Crippen LogP contribution in [0.5, 0.6) is 11.5 Å². The summed E-state index contributed by atoms with van der Waals surface area (Å²) in [7, 11) is 0. The summed E-state index contributed by atoms with van der Waals surface area (Å²) in [6.45, 7) is 5.16. The Labute approximate surface area is 454 Å². The third-order valence-corrected chi connectivity index (χ3v) is 14.7. The average Bonchev–Trinajstić information content (AvgIpc) is 4.10. The molecule has 11 N–H and O–H groups in total. The summed E-state index contributed by atoms with van der Waals surface area (Å²) in [5.41, 5.74) is 10.7. The number of hydrogen-bond donors (Lipinski definition) is 10. The van der Waals surface area contributed by atoms with Gasteiger partial charge in [0.2, 0.25) is 35.4 Å². The minimum atomic E-state index is -1.68. The SMILES string of the molecule is CCCCCOc1ccc(-c2ccc(-c3ccc(C(=O)N[C@H]4CCCNC(=O)[C@@H]5C[C@H](CN)CN5C(=O)[C@H]([C@@H](C)O)NC(=O)[C@H](CCc5ccc(O)cc5)NC(=O)[C@@H]5C[C@@H](O)CN5C(=O)[C@H]([C@@H](C)O)NC4=O)cc3)cc2)cc1. The van der Waals surface area contributed by atoms with Crippen molar-refractivity contribution in [2.24, 2.45) is 11.7 Å². The number of fused-ring (bicyclic) bond motifs is 2. The fourth-order valence-electron chi connectivity index (χ4n) is 10.1. The van der Waals surface area contributed by atoms with Gasteiger partial charge in [0.05, 0.1) is 24.9 Å². The molecule has 4 aromatic rings. The summed E-state index contributed by atoms with van der Waals surface area (Å²) in [4.78, 5) is 102. The molecule has 20 heteroatoms. The second kappa shape index (κ2) is 27.3. The minimum absolute atomic E-state index is 0.00517. The van der Waals surface area contributed by atoms with Crippen LogP contribution in [0.25, 0.3) is 22.3 Å². The number of ether oxygens (including phenoxy) is 1. The van der Waals surface area contributed by atoms with E-state index in [9.17, 15) is 54.0 Å². The molecule has 0 spiro atoms. The Balaban J connectivity index is 1.12. The highest BCUT2D eigenvalue weighted by atomic mass is 16.5. The van der Waals surface area contributed by atoms with E-state index in [-0.39, 0.29) is 81.9 Å². The highest BCUT2D eigenvalue weighted by Gasteiger charge is 2.46. The first-order valence-electron chi connectivity index (χ1n) is 27.0. The Kier molecular flexibility index (Phi) is 20.4. The maximum atomic E-state index is 14.4. The predicted molar refractivity (Wildman–Crippen MR) is 290 cm³/mol. The largest absolute Gasteiger partial charge is 0.508 e. The standard InChI is InChI=1S/C58H74N8O12/c1-4-5-6-28-78-45-24-20-41(21-25-45)39-14-12-38(13-15-39)40-16-18-42(19-17-40)52(71)61-46-8-7-27-60-55(74)48-29-37(31-59)32-65(48)57(76)50(34(2)67)64-54(73)47(26-11-36-9-22-43(69)23-10-36)62-56(75)49-30-44(70)33-66(49)58(77)51(35(3)68)63-53(46)72/h9-10,12-25,34-35,37,44,46-51,67-70H,4-8,11,26-33,59H2,1-3H3,(H,60,74)(H,61,71)(H,62,75)(H,63,72)(H,64,73)/t34-,35-,37-,44-,46+,47+,48+,49+,50+,51+/m1/s1. The van der Waals surface area contributed by atoms with Gasteiger partial charge in [0.25, 0.3) is 5.91 Å². The molecule has 418 valence electrons. The van der Waals surface area contributed by atoms with Crippen LogP contribution in [0.15, 0.2) is 97.1 Å². The number of unbranched alkanes of at least 4 members (excludes halogenated alkanes) is 2. The molecule has 0 bridgehead atoms. The van der Waals surface area contributed by atoms with Gasteiger partial charge in [-0.3, -0.25) is 33.6 Å². The van der Waals surface area contributed by atoms with Gasteiger partial charge in [0.15, 0.2) is 0 Å². The minimum Gasteiger partial charge on any atom is -0.508 e. The second-order valence-electron chi connectivity index (χ2n) is 20.7. The van der Waals surface area contributed by atoms with Crippen LogP contribution in [0.4, 0.5) is 0 Å². The van der Waals surface area contributed by atoms with Gasteiger partial charge in [-0.15, -0.1) is 0 Å². The number of rotatable bonds is 15. The topological polar surface area (TPSA) is 302 Å². The lowest BCUT2D eigenvalue weighted by molar-refractivity contribution is -0.145. The van der Waals surface area contributed by atoms with E-state index in [0.29, 0.717) is 12.2 Å². The third kappa shape index (κ3) is 15.0. The predicted octanol–water partition coefficient (Wildman–Crippen LogP) is 2.29. The summed E-state index contributed by atoms with van der Waals surface area (Å²) in [5, 5.41) is 56.2. The van der Waals surface area contributed by atoms with E-state index in [1.54, 1.807) is 36.4 Å². The molecule has 0 radical (unpaired) electrons. The van der Waals surface area contributed by atoms with Gasteiger partial charge in [-0.25, -0.2) is 0 Å². The van der Waals surface area contributed by atoms with E-state index in [1.807, 2.05) is 48.5 Å². The maximum Gasteiger partial charge on any atom is 0.251 e. The van der Waals surface area contributed by atoms with Gasteiger partial charge in [-0.2, -0.15) is 0 Å². The number of aromatic hydroxyl groups is 1. The molecule has 20 nitrogen and oxygen atoms in total. The third-order valence-electron chi connectivity index (χ3n) is 14.7. The summed E-state index contributed by atoms with van der Waals surface area (Å²) in [6.07, 6.45) is -0.961. The van der Waals surface area contributed by atoms with E-state index in [1.165, 1.54) is 30.9 Å². The molecular formula is C58H74N8O12. The van der Waals surface area contributed by atoms with Crippen molar-refractivity contribution in [1.29, 1.82) is 0 Å². The van der Waals surface area contributed by atoms with E-state index in [0.717, 1.165) is 52.2 Å².